The van der Waals surface area contributed by atoms with Crippen LogP contribution in [0.4, 0.5) is 17.5 Å². The number of anilines is 3. The zero-order valence-electron chi connectivity index (χ0n) is 20.7. The molecule has 1 aliphatic rings. The molecule has 0 amide bonds. The van der Waals surface area contributed by atoms with Crippen LogP contribution in [0.25, 0.3) is 11.2 Å². The van der Waals surface area contributed by atoms with Gasteiger partial charge in [0, 0.05) is 38.3 Å². The molecule has 1 unspecified atom stereocenters. The van der Waals surface area contributed by atoms with E-state index < -0.39 is 20.9 Å². The molecule has 1 aliphatic heterocycles. The Labute approximate surface area is 210 Å². The molecule has 1 atom stereocenters. The number of benzene rings is 1. The van der Waals surface area contributed by atoms with Gasteiger partial charge in [-0.15, -0.1) is 0 Å². The standard InChI is InChI=1S/C22H33N7O5P2/c1-4-29-14-25-19-20(27-22(28-21(19)29)24-13-16-9-11-23-12-10-16)26-17-5-7-18(8-6-17)35(30,31)15-36(32,33-2)34-3/h5-8,14,16,23H,4,9-13,15H2,1-3H3,(H,30,31)(H2,24,26,27,28). The van der Waals surface area contributed by atoms with Crippen molar-refractivity contribution in [2.24, 2.45) is 5.92 Å². The molecule has 3 aromatic rings. The highest BCUT2D eigenvalue weighted by molar-refractivity contribution is 7.77. The van der Waals surface area contributed by atoms with E-state index >= 15 is 0 Å². The van der Waals surface area contributed by atoms with Gasteiger partial charge in [0.15, 0.2) is 17.0 Å². The topological polar surface area (TPSA) is 153 Å². The second-order valence-corrected chi connectivity index (χ2v) is 13.7. The lowest BCUT2D eigenvalue weighted by Crippen LogP contribution is -2.31. The van der Waals surface area contributed by atoms with Crippen molar-refractivity contribution in [2.75, 3.05) is 50.4 Å². The number of hydrogen-bond acceptors (Lipinski definition) is 10. The third kappa shape index (κ3) is 6.14. The number of nitrogens with zero attached hydrogens (tertiary/aromatic N) is 4. The maximum atomic E-state index is 12.8. The van der Waals surface area contributed by atoms with E-state index in [0.29, 0.717) is 41.1 Å². The fourth-order valence-electron chi connectivity index (χ4n) is 4.08. The van der Waals surface area contributed by atoms with Crippen molar-refractivity contribution in [1.29, 1.82) is 0 Å². The van der Waals surface area contributed by atoms with Crippen LogP contribution in [0.5, 0.6) is 0 Å². The van der Waals surface area contributed by atoms with Gasteiger partial charge in [-0.3, -0.25) is 9.13 Å². The SMILES string of the molecule is CCn1cnc2c(Nc3ccc(P(=O)(O)CP(=O)(OC)OC)cc3)nc(NCC3CCNCC3)nc21. The number of aromatic nitrogens is 4. The number of fused-ring (bicyclic) bond motifs is 1. The van der Waals surface area contributed by atoms with Gasteiger partial charge < -0.3 is 34.5 Å². The van der Waals surface area contributed by atoms with Crippen molar-refractivity contribution >= 4 is 48.9 Å². The van der Waals surface area contributed by atoms with Crippen LogP contribution in [0, 0.1) is 5.92 Å². The zero-order chi connectivity index (χ0) is 25.8. The van der Waals surface area contributed by atoms with Crippen molar-refractivity contribution in [3.8, 4) is 0 Å². The van der Waals surface area contributed by atoms with Gasteiger partial charge in [-0.2, -0.15) is 9.97 Å². The molecule has 1 aromatic carbocycles. The van der Waals surface area contributed by atoms with Gasteiger partial charge in [0.2, 0.25) is 13.3 Å². The van der Waals surface area contributed by atoms with Gasteiger partial charge >= 0.3 is 7.60 Å². The average Bonchev–Trinajstić information content (AvgIpc) is 3.31. The van der Waals surface area contributed by atoms with Gasteiger partial charge in [-0.25, -0.2) is 4.98 Å². The van der Waals surface area contributed by atoms with E-state index in [1.807, 2.05) is 11.5 Å². The molecule has 0 aliphatic carbocycles. The number of nitrogens with one attached hydrogen (secondary N) is 3. The van der Waals surface area contributed by atoms with E-state index in [1.165, 1.54) is 26.4 Å². The van der Waals surface area contributed by atoms with E-state index in [1.54, 1.807) is 18.5 Å². The van der Waals surface area contributed by atoms with Crippen LogP contribution in [0.15, 0.2) is 30.6 Å². The first-order valence-electron chi connectivity index (χ1n) is 11.8. The number of imidazole rings is 1. The summed E-state index contributed by atoms with van der Waals surface area (Å²) >= 11 is 0. The lowest BCUT2D eigenvalue weighted by atomic mass is 9.98. The number of piperidine rings is 1. The molecule has 0 spiro atoms. The summed E-state index contributed by atoms with van der Waals surface area (Å²) in [7, 11) is -5.24. The molecule has 36 heavy (non-hydrogen) atoms. The van der Waals surface area contributed by atoms with Crippen LogP contribution in [-0.4, -0.2) is 64.2 Å². The molecule has 14 heteroatoms. The van der Waals surface area contributed by atoms with E-state index in [-0.39, 0.29) is 5.30 Å². The van der Waals surface area contributed by atoms with Gasteiger partial charge in [0.25, 0.3) is 0 Å². The smallest absolute Gasteiger partial charge is 0.340 e. The molecule has 1 fully saturated rings. The molecule has 0 bridgehead atoms. The normalized spacial score (nSPS) is 16.7. The number of hydrogen-bond donors (Lipinski definition) is 4. The largest absolute Gasteiger partial charge is 0.354 e. The predicted octanol–water partition coefficient (Wildman–Crippen LogP) is 3.34. The van der Waals surface area contributed by atoms with Crippen molar-refractivity contribution in [1.82, 2.24) is 24.8 Å². The Morgan fingerprint density at radius 2 is 1.83 bits per heavy atom. The van der Waals surface area contributed by atoms with Crippen molar-refractivity contribution < 1.29 is 23.1 Å². The summed E-state index contributed by atoms with van der Waals surface area (Å²) in [5.74, 6) is 1.01. The highest BCUT2D eigenvalue weighted by atomic mass is 31.2. The molecule has 12 nitrogen and oxygen atoms in total. The first-order chi connectivity index (χ1) is 17.3. The Hall–Kier alpha value is -2.33. The van der Waals surface area contributed by atoms with Gasteiger partial charge in [0.05, 0.1) is 6.33 Å². The third-order valence-corrected chi connectivity index (χ3v) is 11.4. The molecule has 0 saturated carbocycles. The van der Waals surface area contributed by atoms with Crippen molar-refractivity contribution in [3.05, 3.63) is 30.6 Å². The molecule has 196 valence electrons. The van der Waals surface area contributed by atoms with E-state index in [2.05, 4.69) is 25.9 Å². The third-order valence-electron chi connectivity index (χ3n) is 6.27. The number of rotatable bonds is 11. The molecular weight excluding hydrogens is 504 g/mol. The minimum absolute atomic E-state index is 0.148. The maximum absolute atomic E-state index is 12.8. The van der Waals surface area contributed by atoms with E-state index in [4.69, 9.17) is 14.0 Å². The Morgan fingerprint density at radius 3 is 2.47 bits per heavy atom. The molecule has 0 radical (unpaired) electrons. The molecule has 2 aromatic heterocycles. The van der Waals surface area contributed by atoms with Crippen LogP contribution in [0.3, 0.4) is 0 Å². The molecular formula is C22H33N7O5P2. The minimum atomic E-state index is -3.97. The monoisotopic (exact) mass is 537 g/mol. The van der Waals surface area contributed by atoms with Gasteiger partial charge in [-0.1, -0.05) is 0 Å². The van der Waals surface area contributed by atoms with E-state index in [9.17, 15) is 14.0 Å². The Kier molecular flexibility index (Phi) is 8.44. The first-order valence-corrected chi connectivity index (χ1v) is 15.4. The summed E-state index contributed by atoms with van der Waals surface area (Å²) in [4.78, 5) is 24.3. The summed E-state index contributed by atoms with van der Waals surface area (Å²) in [6.45, 7) is 5.57. The maximum Gasteiger partial charge on any atom is 0.340 e. The quantitative estimate of drug-likeness (QED) is 0.267. The minimum Gasteiger partial charge on any atom is -0.354 e. The summed E-state index contributed by atoms with van der Waals surface area (Å²) in [5, 5.41) is 10.2. The lowest BCUT2D eigenvalue weighted by Gasteiger charge is -2.22. The second-order valence-electron chi connectivity index (χ2n) is 8.66. The Bertz CT molecular complexity index is 1270. The highest BCUT2D eigenvalue weighted by Crippen LogP contribution is 2.59. The predicted molar refractivity (Wildman–Crippen MR) is 141 cm³/mol. The second kappa shape index (κ2) is 11.4. The lowest BCUT2D eigenvalue weighted by molar-refractivity contribution is 0.279. The summed E-state index contributed by atoms with van der Waals surface area (Å²) in [6, 6.07) is 6.35. The first kappa shape index (κ1) is 26.7. The van der Waals surface area contributed by atoms with Crippen LogP contribution in [-0.2, 0) is 24.7 Å². The number of aryl methyl sites for hydroxylation is 1. The zero-order valence-corrected chi connectivity index (χ0v) is 22.5. The van der Waals surface area contributed by atoms with Crippen LogP contribution < -0.4 is 21.3 Å². The Balaban J connectivity index is 1.56. The van der Waals surface area contributed by atoms with Gasteiger partial charge in [0.1, 0.15) is 5.90 Å². The Morgan fingerprint density at radius 1 is 1.14 bits per heavy atom. The molecule has 4 rings (SSSR count). The molecule has 3 heterocycles. The average molecular weight is 537 g/mol. The van der Waals surface area contributed by atoms with Crippen LogP contribution in [0.1, 0.15) is 19.8 Å². The highest BCUT2D eigenvalue weighted by Gasteiger charge is 2.35. The van der Waals surface area contributed by atoms with Gasteiger partial charge in [-0.05, 0) is 63.0 Å². The van der Waals surface area contributed by atoms with Crippen molar-refractivity contribution in [2.45, 2.75) is 26.3 Å². The summed E-state index contributed by atoms with van der Waals surface area (Å²) in [6.07, 6.45) is 3.95. The van der Waals surface area contributed by atoms with E-state index in [0.717, 1.165) is 32.5 Å². The van der Waals surface area contributed by atoms with Crippen LogP contribution in [0.2, 0.25) is 0 Å². The van der Waals surface area contributed by atoms with Crippen LogP contribution >= 0.6 is 15.0 Å². The summed E-state index contributed by atoms with van der Waals surface area (Å²) < 4.78 is 36.8. The molecule has 4 N–H and O–H groups in total. The summed E-state index contributed by atoms with van der Waals surface area (Å²) in [5.41, 5.74) is 1.99. The molecule has 1 saturated heterocycles. The fourth-order valence-corrected chi connectivity index (χ4v) is 8.30. The van der Waals surface area contributed by atoms with Crippen molar-refractivity contribution in [3.63, 3.8) is 0 Å². The fraction of sp³-hybridized carbons (Fsp3) is 0.500.